The van der Waals surface area contributed by atoms with Crippen LogP contribution in [0.25, 0.3) is 0 Å². The number of hydrogen-bond donors (Lipinski definition) is 0. The summed E-state index contributed by atoms with van der Waals surface area (Å²) in [5.74, 6) is 0. The quantitative estimate of drug-likeness (QED) is 0.788. The summed E-state index contributed by atoms with van der Waals surface area (Å²) in [4.78, 5) is 0. The van der Waals surface area contributed by atoms with E-state index in [1.807, 2.05) is 18.2 Å². The Bertz CT molecular complexity index is 334. The van der Waals surface area contributed by atoms with Gasteiger partial charge in [0.15, 0.2) is 0 Å². The molecule has 0 bridgehead atoms. The van der Waals surface area contributed by atoms with Crippen LogP contribution in [0, 0.1) is 0 Å². The molecule has 0 amide bonds. The number of ether oxygens (including phenoxy) is 1. The van der Waals surface area contributed by atoms with Crippen molar-refractivity contribution in [3.05, 3.63) is 33.3 Å². The van der Waals surface area contributed by atoms with E-state index < -0.39 is 0 Å². The highest BCUT2D eigenvalue weighted by Gasteiger charge is 2.46. The molecule has 1 aromatic carbocycles. The van der Waals surface area contributed by atoms with Crippen molar-refractivity contribution in [2.75, 3.05) is 7.11 Å². The molecule has 13 heavy (non-hydrogen) atoms. The van der Waals surface area contributed by atoms with Gasteiger partial charge in [-0.15, -0.1) is 0 Å². The molecule has 1 fully saturated rings. The van der Waals surface area contributed by atoms with E-state index in [4.69, 9.17) is 16.3 Å². The van der Waals surface area contributed by atoms with Gasteiger partial charge in [-0.25, -0.2) is 0 Å². The molecule has 1 nitrogen and oxygen atoms in total. The van der Waals surface area contributed by atoms with Crippen molar-refractivity contribution in [1.29, 1.82) is 0 Å². The van der Waals surface area contributed by atoms with E-state index in [2.05, 4.69) is 15.9 Å². The van der Waals surface area contributed by atoms with E-state index in [-0.39, 0.29) is 5.60 Å². The third-order valence-corrected chi connectivity index (χ3v) is 3.83. The third kappa shape index (κ3) is 1.51. The average Bonchev–Trinajstić information content (AvgIpc) is 2.90. The second kappa shape index (κ2) is 3.26. The number of hydrogen-bond acceptors (Lipinski definition) is 1. The molecular formula is C10H10BrClO. The molecule has 0 N–H and O–H groups in total. The largest absolute Gasteiger partial charge is 0.373 e. The van der Waals surface area contributed by atoms with Gasteiger partial charge in [0.05, 0.1) is 10.6 Å². The van der Waals surface area contributed by atoms with Gasteiger partial charge in [-0.3, -0.25) is 0 Å². The van der Waals surface area contributed by atoms with Gasteiger partial charge in [0.1, 0.15) is 0 Å². The van der Waals surface area contributed by atoms with Crippen molar-refractivity contribution < 1.29 is 4.74 Å². The van der Waals surface area contributed by atoms with Crippen LogP contribution in [0.5, 0.6) is 0 Å². The summed E-state index contributed by atoms with van der Waals surface area (Å²) in [6.07, 6.45) is 2.14. The average molecular weight is 262 g/mol. The maximum atomic E-state index is 6.17. The Balaban J connectivity index is 2.46. The Morgan fingerprint density at radius 1 is 1.46 bits per heavy atom. The maximum Gasteiger partial charge on any atom is 0.0944 e. The summed E-state index contributed by atoms with van der Waals surface area (Å²) >= 11 is 9.58. The zero-order valence-electron chi connectivity index (χ0n) is 7.31. The maximum absolute atomic E-state index is 6.17. The number of benzene rings is 1. The molecule has 1 aliphatic carbocycles. The topological polar surface area (TPSA) is 9.23 Å². The van der Waals surface area contributed by atoms with Gasteiger partial charge in [-0.1, -0.05) is 23.7 Å². The molecule has 0 radical (unpaired) electrons. The van der Waals surface area contributed by atoms with Crippen LogP contribution >= 0.6 is 27.5 Å². The van der Waals surface area contributed by atoms with Crippen molar-refractivity contribution in [2.45, 2.75) is 18.4 Å². The van der Waals surface area contributed by atoms with E-state index >= 15 is 0 Å². The minimum absolute atomic E-state index is 0.0964. The van der Waals surface area contributed by atoms with Crippen molar-refractivity contribution in [3.63, 3.8) is 0 Å². The zero-order valence-corrected chi connectivity index (χ0v) is 9.65. The molecule has 0 spiro atoms. The standard InChI is InChI=1S/C10H10BrClO/c1-13-10(5-6-10)7-3-2-4-8(11)9(7)12/h2-4H,5-6H2,1H3. The molecule has 1 aromatic rings. The van der Waals surface area contributed by atoms with Gasteiger partial charge in [-0.05, 0) is 34.8 Å². The van der Waals surface area contributed by atoms with E-state index in [0.29, 0.717) is 0 Å². The lowest BCUT2D eigenvalue weighted by Gasteiger charge is -2.15. The van der Waals surface area contributed by atoms with Crippen LogP contribution < -0.4 is 0 Å². The van der Waals surface area contributed by atoms with Gasteiger partial charge in [-0.2, -0.15) is 0 Å². The van der Waals surface area contributed by atoms with Crippen molar-refractivity contribution in [2.24, 2.45) is 0 Å². The molecule has 3 heteroatoms. The Morgan fingerprint density at radius 3 is 2.69 bits per heavy atom. The molecule has 0 unspecified atom stereocenters. The van der Waals surface area contributed by atoms with Crippen LogP contribution in [0.15, 0.2) is 22.7 Å². The summed E-state index contributed by atoms with van der Waals surface area (Å²) in [6.45, 7) is 0. The Kier molecular flexibility index (Phi) is 2.39. The second-order valence-electron chi connectivity index (χ2n) is 3.30. The molecule has 0 atom stereocenters. The summed E-state index contributed by atoms with van der Waals surface area (Å²) in [7, 11) is 1.74. The number of methoxy groups -OCH3 is 1. The van der Waals surface area contributed by atoms with Crippen molar-refractivity contribution in [3.8, 4) is 0 Å². The molecule has 0 saturated heterocycles. The van der Waals surface area contributed by atoms with Crippen LogP contribution in [0.3, 0.4) is 0 Å². The minimum Gasteiger partial charge on any atom is -0.373 e. The highest BCUT2D eigenvalue weighted by Crippen LogP contribution is 2.51. The first-order chi connectivity index (χ1) is 6.19. The van der Waals surface area contributed by atoms with Crippen LogP contribution in [0.4, 0.5) is 0 Å². The van der Waals surface area contributed by atoms with E-state index in [9.17, 15) is 0 Å². The molecule has 2 rings (SSSR count). The Morgan fingerprint density at radius 2 is 2.15 bits per heavy atom. The second-order valence-corrected chi connectivity index (χ2v) is 4.53. The lowest BCUT2D eigenvalue weighted by atomic mass is 10.1. The Labute approximate surface area is 91.2 Å². The van der Waals surface area contributed by atoms with E-state index in [1.54, 1.807) is 7.11 Å². The molecule has 1 aliphatic rings. The zero-order chi connectivity index (χ0) is 9.47. The van der Waals surface area contributed by atoms with Gasteiger partial charge in [0.2, 0.25) is 0 Å². The van der Waals surface area contributed by atoms with Crippen LogP contribution in [-0.4, -0.2) is 7.11 Å². The minimum atomic E-state index is -0.0964. The Hall–Kier alpha value is -0.0500. The summed E-state index contributed by atoms with van der Waals surface area (Å²) in [6, 6.07) is 5.96. The molecule has 0 aliphatic heterocycles. The molecule has 1 saturated carbocycles. The molecular weight excluding hydrogens is 251 g/mol. The first kappa shape index (κ1) is 9.50. The molecule has 0 aromatic heterocycles. The first-order valence-electron chi connectivity index (χ1n) is 4.19. The highest BCUT2D eigenvalue weighted by molar-refractivity contribution is 9.10. The van der Waals surface area contributed by atoms with Crippen molar-refractivity contribution >= 4 is 27.5 Å². The molecule has 70 valence electrons. The predicted molar refractivity (Wildman–Crippen MR) is 57.1 cm³/mol. The summed E-state index contributed by atoms with van der Waals surface area (Å²) in [5.41, 5.74) is 1.01. The highest BCUT2D eigenvalue weighted by atomic mass is 79.9. The monoisotopic (exact) mass is 260 g/mol. The number of rotatable bonds is 2. The molecule has 0 heterocycles. The van der Waals surface area contributed by atoms with Crippen molar-refractivity contribution in [1.82, 2.24) is 0 Å². The van der Waals surface area contributed by atoms with Crippen LogP contribution in [0.1, 0.15) is 18.4 Å². The predicted octanol–water partition coefficient (Wildman–Crippen LogP) is 3.74. The van der Waals surface area contributed by atoms with Gasteiger partial charge in [0.25, 0.3) is 0 Å². The lowest BCUT2D eigenvalue weighted by molar-refractivity contribution is 0.0789. The number of halogens is 2. The van der Waals surface area contributed by atoms with E-state index in [1.165, 1.54) is 0 Å². The van der Waals surface area contributed by atoms with Gasteiger partial charge in [0, 0.05) is 17.1 Å². The normalized spacial score (nSPS) is 18.7. The lowest BCUT2D eigenvalue weighted by Crippen LogP contribution is -2.09. The third-order valence-electron chi connectivity index (χ3n) is 2.54. The van der Waals surface area contributed by atoms with Gasteiger partial charge < -0.3 is 4.74 Å². The smallest absolute Gasteiger partial charge is 0.0944 e. The first-order valence-corrected chi connectivity index (χ1v) is 5.36. The SMILES string of the molecule is COC1(c2cccc(Br)c2Cl)CC1. The fraction of sp³-hybridized carbons (Fsp3) is 0.400. The van der Waals surface area contributed by atoms with Crippen LogP contribution in [0.2, 0.25) is 5.02 Å². The van der Waals surface area contributed by atoms with E-state index in [0.717, 1.165) is 27.9 Å². The van der Waals surface area contributed by atoms with Crippen LogP contribution in [-0.2, 0) is 10.3 Å². The summed E-state index contributed by atoms with van der Waals surface area (Å²) < 4.78 is 6.41. The summed E-state index contributed by atoms with van der Waals surface area (Å²) in [5, 5.41) is 0.779. The van der Waals surface area contributed by atoms with Gasteiger partial charge >= 0.3 is 0 Å². The fourth-order valence-electron chi connectivity index (χ4n) is 1.55. The fourth-order valence-corrected chi connectivity index (χ4v) is 2.22.